The molecule has 1 amide bonds. The number of pyridine rings is 1. The van der Waals surface area contributed by atoms with E-state index in [1.165, 1.54) is 12.8 Å². The third-order valence-electron chi connectivity index (χ3n) is 8.76. The first-order valence-electron chi connectivity index (χ1n) is 16.4. The largest absolute Gasteiger partial charge is 0.374 e. The zero-order valence-corrected chi connectivity index (χ0v) is 26.6. The number of nitrogens with zero attached hydrogens (tertiary/aromatic N) is 5. The van der Waals surface area contributed by atoms with Crippen LogP contribution in [0, 0.1) is 23.7 Å². The van der Waals surface area contributed by atoms with E-state index in [1.54, 1.807) is 0 Å². The van der Waals surface area contributed by atoms with E-state index in [2.05, 4.69) is 65.9 Å². The highest BCUT2D eigenvalue weighted by atomic mass is 16.3. The van der Waals surface area contributed by atoms with Gasteiger partial charge in [0.05, 0.1) is 6.54 Å². The maximum absolute atomic E-state index is 12.5. The summed E-state index contributed by atoms with van der Waals surface area (Å²) in [5.41, 5.74) is 5.23. The topological polar surface area (TPSA) is 64.3 Å². The van der Waals surface area contributed by atoms with Crippen molar-refractivity contribution in [3.63, 3.8) is 0 Å². The summed E-state index contributed by atoms with van der Waals surface area (Å²) in [7, 11) is 0. The second-order valence-corrected chi connectivity index (χ2v) is 13.1. The van der Waals surface area contributed by atoms with Gasteiger partial charge < -0.3 is 10.0 Å². The van der Waals surface area contributed by atoms with E-state index in [0.29, 0.717) is 18.3 Å². The molecule has 0 spiro atoms. The van der Waals surface area contributed by atoms with Gasteiger partial charge in [-0.25, -0.2) is 4.98 Å². The Kier molecular flexibility index (Phi) is 10.6. The van der Waals surface area contributed by atoms with E-state index in [9.17, 15) is 9.90 Å². The number of hydrogen-bond donors (Lipinski definition) is 1. The summed E-state index contributed by atoms with van der Waals surface area (Å²) >= 11 is 0. The van der Waals surface area contributed by atoms with Gasteiger partial charge in [0.2, 0.25) is 5.91 Å². The molecule has 1 atom stereocenters. The monoisotopic (exact) mass is 583 g/mol. The molecule has 5 rings (SSSR count). The summed E-state index contributed by atoms with van der Waals surface area (Å²) in [6, 6.07) is 12.2. The molecule has 1 unspecified atom stereocenters. The number of anilines is 1. The molecule has 7 nitrogen and oxygen atoms in total. The highest BCUT2D eigenvalue weighted by Crippen LogP contribution is 2.30. The van der Waals surface area contributed by atoms with Crippen LogP contribution in [-0.2, 0) is 4.79 Å². The predicted molar refractivity (Wildman–Crippen MR) is 175 cm³/mol. The van der Waals surface area contributed by atoms with E-state index in [-0.39, 0.29) is 5.91 Å². The van der Waals surface area contributed by atoms with E-state index >= 15 is 0 Å². The second-order valence-electron chi connectivity index (χ2n) is 13.1. The SMILES string of the molecule is CC(C)CCN(CCC(C)C)C(O)c1ccc2nc(-c3ccc(N4CCCCC4=O)cc3)c(C#CCN3CCCC3)n2c1. The van der Waals surface area contributed by atoms with Crippen LogP contribution in [0.3, 0.4) is 0 Å². The van der Waals surface area contributed by atoms with Crippen molar-refractivity contribution < 1.29 is 9.90 Å². The van der Waals surface area contributed by atoms with Gasteiger partial charge in [0.15, 0.2) is 0 Å². The fraction of sp³-hybridized carbons (Fsp3) is 0.556. The molecule has 2 aromatic heterocycles. The fourth-order valence-electron chi connectivity index (χ4n) is 6.00. The Morgan fingerprint density at radius 3 is 2.23 bits per heavy atom. The zero-order chi connectivity index (χ0) is 30.3. The van der Waals surface area contributed by atoms with E-state index in [1.807, 2.05) is 35.4 Å². The van der Waals surface area contributed by atoms with Gasteiger partial charge in [-0.3, -0.25) is 19.0 Å². The number of carbonyl (C=O) groups excluding carboxylic acids is 1. The number of aromatic nitrogens is 2. The molecule has 1 N–H and O–H groups in total. The molecule has 230 valence electrons. The average Bonchev–Trinajstić information content (AvgIpc) is 3.65. The van der Waals surface area contributed by atoms with Gasteiger partial charge in [-0.2, -0.15) is 0 Å². The van der Waals surface area contributed by atoms with Crippen LogP contribution in [-0.4, -0.2) is 69.5 Å². The third-order valence-corrected chi connectivity index (χ3v) is 8.76. The van der Waals surface area contributed by atoms with Crippen LogP contribution >= 0.6 is 0 Å². The zero-order valence-electron chi connectivity index (χ0n) is 26.6. The lowest BCUT2D eigenvalue weighted by Crippen LogP contribution is -2.35. The number of piperidine rings is 1. The highest BCUT2D eigenvalue weighted by molar-refractivity contribution is 5.94. The first-order valence-corrected chi connectivity index (χ1v) is 16.4. The summed E-state index contributed by atoms with van der Waals surface area (Å²) in [6.45, 7) is 14.4. The minimum absolute atomic E-state index is 0.196. The molecule has 4 heterocycles. The number of amides is 1. The summed E-state index contributed by atoms with van der Waals surface area (Å²) in [4.78, 5) is 24.0. The van der Waals surface area contributed by atoms with Crippen molar-refractivity contribution in [2.75, 3.05) is 44.2 Å². The molecule has 0 saturated carbocycles. The van der Waals surface area contributed by atoms with Crippen LogP contribution < -0.4 is 4.90 Å². The van der Waals surface area contributed by atoms with Crippen LogP contribution in [0.5, 0.6) is 0 Å². The van der Waals surface area contributed by atoms with Crippen molar-refractivity contribution >= 4 is 17.2 Å². The van der Waals surface area contributed by atoms with Gasteiger partial charge in [0.25, 0.3) is 0 Å². The van der Waals surface area contributed by atoms with Gasteiger partial charge >= 0.3 is 0 Å². The van der Waals surface area contributed by atoms with Crippen molar-refractivity contribution in [2.45, 2.75) is 78.9 Å². The number of carbonyl (C=O) groups is 1. The Balaban J connectivity index is 1.49. The van der Waals surface area contributed by atoms with E-state index in [0.717, 1.165) is 98.8 Å². The number of hydrogen-bond acceptors (Lipinski definition) is 5. The first kappa shape index (κ1) is 31.3. The van der Waals surface area contributed by atoms with Crippen LogP contribution in [0.2, 0.25) is 0 Å². The Bertz CT molecular complexity index is 1410. The van der Waals surface area contributed by atoms with Crippen LogP contribution in [0.4, 0.5) is 5.69 Å². The molecular formula is C36H49N5O2. The molecule has 2 aliphatic heterocycles. The summed E-state index contributed by atoms with van der Waals surface area (Å²) < 4.78 is 2.05. The molecule has 3 aromatic rings. The normalized spacial score (nSPS) is 16.9. The smallest absolute Gasteiger partial charge is 0.226 e. The molecular weight excluding hydrogens is 534 g/mol. The van der Waals surface area contributed by atoms with Crippen LogP contribution in [0.15, 0.2) is 42.6 Å². The third kappa shape index (κ3) is 7.86. The van der Waals surface area contributed by atoms with E-state index < -0.39 is 6.23 Å². The molecule has 2 saturated heterocycles. The quantitative estimate of drug-likeness (QED) is 0.211. The maximum Gasteiger partial charge on any atom is 0.226 e. The predicted octanol–water partition coefficient (Wildman–Crippen LogP) is 6.35. The van der Waals surface area contributed by atoms with Crippen molar-refractivity contribution in [1.29, 1.82) is 0 Å². The van der Waals surface area contributed by atoms with Gasteiger partial charge in [0.1, 0.15) is 23.3 Å². The molecule has 7 heteroatoms. The molecule has 2 fully saturated rings. The van der Waals surface area contributed by atoms with Gasteiger partial charge in [-0.1, -0.05) is 45.7 Å². The van der Waals surface area contributed by atoms with Crippen molar-refractivity contribution in [2.24, 2.45) is 11.8 Å². The highest BCUT2D eigenvalue weighted by Gasteiger charge is 2.22. The Morgan fingerprint density at radius 2 is 1.58 bits per heavy atom. The lowest BCUT2D eigenvalue weighted by atomic mass is 10.1. The van der Waals surface area contributed by atoms with Gasteiger partial charge in [-0.05, 0) is 93.6 Å². The Hall–Kier alpha value is -3.18. The van der Waals surface area contributed by atoms with Crippen molar-refractivity contribution in [3.8, 4) is 23.1 Å². The second kappa shape index (κ2) is 14.5. The standard InChI is InChI=1S/C36H49N5O2/c1-27(2)18-24-39(25-19-28(3)4)36(43)30-14-17-33-37-35(32(41(33)26-30)10-9-22-38-20-7-8-21-38)29-12-15-31(16-13-29)40-23-6-5-11-34(40)42/h12-17,26-28,36,43H,5-8,11,18-25H2,1-4H3. The molecule has 1 aromatic carbocycles. The van der Waals surface area contributed by atoms with Crippen LogP contribution in [0.1, 0.15) is 90.1 Å². The number of imidazole rings is 1. The first-order chi connectivity index (χ1) is 20.8. The summed E-state index contributed by atoms with van der Waals surface area (Å²) in [5.74, 6) is 8.24. The molecule has 0 bridgehead atoms. The lowest BCUT2D eigenvalue weighted by molar-refractivity contribution is -0.119. The van der Waals surface area contributed by atoms with Crippen molar-refractivity contribution in [1.82, 2.24) is 19.2 Å². The summed E-state index contributed by atoms with van der Waals surface area (Å²) in [6.07, 6.45) is 8.51. The molecule has 43 heavy (non-hydrogen) atoms. The Morgan fingerprint density at radius 1 is 0.907 bits per heavy atom. The summed E-state index contributed by atoms with van der Waals surface area (Å²) in [5, 5.41) is 11.6. The number of rotatable bonds is 11. The molecule has 0 radical (unpaired) electrons. The molecule has 0 aliphatic carbocycles. The van der Waals surface area contributed by atoms with Crippen molar-refractivity contribution in [3.05, 3.63) is 53.9 Å². The minimum Gasteiger partial charge on any atom is -0.374 e. The van der Waals surface area contributed by atoms with E-state index in [4.69, 9.17) is 4.98 Å². The number of aliphatic hydroxyl groups is 1. The number of fused-ring (bicyclic) bond motifs is 1. The molecule has 2 aliphatic rings. The Labute approximate surface area is 257 Å². The number of likely N-dealkylation sites (tertiary alicyclic amines) is 1. The minimum atomic E-state index is -0.695. The maximum atomic E-state index is 12.5. The number of aliphatic hydroxyl groups excluding tert-OH is 1. The number of benzene rings is 1. The van der Waals surface area contributed by atoms with Gasteiger partial charge in [-0.15, -0.1) is 0 Å². The average molecular weight is 584 g/mol. The van der Waals surface area contributed by atoms with Gasteiger partial charge in [0, 0.05) is 49.1 Å². The fourth-order valence-corrected chi connectivity index (χ4v) is 6.00. The van der Waals surface area contributed by atoms with Crippen LogP contribution in [0.25, 0.3) is 16.9 Å². The lowest BCUT2D eigenvalue weighted by Gasteiger charge is -2.29.